The SMILES string of the molecule is c1ccc(N2c3ccccc3Oc3c(-c4ccc5oc6ccc(-c7ccc8c9ccccc9n(-c9ccccc9)c8c7)nc6c5n4)cccc32)cc1. The molecule has 0 saturated carbocycles. The zero-order valence-electron chi connectivity index (χ0n) is 27.8. The lowest BCUT2D eigenvalue weighted by Crippen LogP contribution is -2.16. The molecule has 244 valence electrons. The second-order valence-corrected chi connectivity index (χ2v) is 13.0. The van der Waals surface area contributed by atoms with Crippen molar-refractivity contribution in [1.82, 2.24) is 14.5 Å². The smallest absolute Gasteiger partial charge is 0.160 e. The molecular weight excluding hydrogens is 641 g/mol. The molecule has 0 spiro atoms. The number of hydrogen-bond acceptors (Lipinski definition) is 5. The second-order valence-electron chi connectivity index (χ2n) is 13.0. The third kappa shape index (κ3) is 4.31. The summed E-state index contributed by atoms with van der Waals surface area (Å²) < 4.78 is 15.3. The quantitative estimate of drug-likeness (QED) is 0.187. The average Bonchev–Trinajstić information content (AvgIpc) is 3.75. The van der Waals surface area contributed by atoms with Crippen LogP contribution in [0.5, 0.6) is 11.5 Å². The highest BCUT2D eigenvalue weighted by Crippen LogP contribution is 2.53. The number of para-hydroxylation sites is 6. The van der Waals surface area contributed by atoms with Crippen LogP contribution >= 0.6 is 0 Å². The number of hydrogen-bond donors (Lipinski definition) is 0. The summed E-state index contributed by atoms with van der Waals surface area (Å²) in [5.41, 5.74) is 12.8. The van der Waals surface area contributed by atoms with Gasteiger partial charge in [0.05, 0.1) is 33.8 Å². The summed E-state index contributed by atoms with van der Waals surface area (Å²) in [4.78, 5) is 12.6. The van der Waals surface area contributed by atoms with Gasteiger partial charge in [0.1, 0.15) is 11.0 Å². The Balaban J connectivity index is 1.06. The molecule has 6 heteroatoms. The first-order valence-electron chi connectivity index (χ1n) is 17.3. The van der Waals surface area contributed by atoms with E-state index in [1.807, 2.05) is 48.5 Å². The van der Waals surface area contributed by atoms with Crippen molar-refractivity contribution in [3.05, 3.63) is 170 Å². The summed E-state index contributed by atoms with van der Waals surface area (Å²) in [5.74, 6) is 1.54. The Morgan fingerprint density at radius 1 is 0.462 bits per heavy atom. The second kappa shape index (κ2) is 11.2. The molecule has 11 rings (SSSR count). The fourth-order valence-electron chi connectivity index (χ4n) is 7.64. The number of anilines is 3. The van der Waals surface area contributed by atoms with Crippen molar-refractivity contribution in [1.29, 1.82) is 0 Å². The monoisotopic (exact) mass is 668 g/mol. The minimum Gasteiger partial charge on any atom is -0.453 e. The van der Waals surface area contributed by atoms with Crippen molar-refractivity contribution in [3.63, 3.8) is 0 Å². The maximum atomic E-state index is 6.65. The topological polar surface area (TPSA) is 56.3 Å². The fraction of sp³-hybridized carbons (Fsp3) is 0. The Labute approximate surface area is 298 Å². The minimum absolute atomic E-state index is 0.685. The van der Waals surface area contributed by atoms with Crippen LogP contribution in [0.4, 0.5) is 17.1 Å². The molecule has 4 aromatic heterocycles. The lowest BCUT2D eigenvalue weighted by Gasteiger charge is -2.33. The summed E-state index contributed by atoms with van der Waals surface area (Å²) in [6, 6.07) is 58.4. The molecule has 0 N–H and O–H groups in total. The Morgan fingerprint density at radius 2 is 1.12 bits per heavy atom. The average molecular weight is 669 g/mol. The number of pyridine rings is 2. The molecule has 10 aromatic rings. The van der Waals surface area contributed by atoms with E-state index in [1.165, 1.54) is 16.3 Å². The predicted octanol–water partition coefficient (Wildman–Crippen LogP) is 12.4. The predicted molar refractivity (Wildman–Crippen MR) is 209 cm³/mol. The molecule has 1 aliphatic rings. The number of furan rings is 1. The van der Waals surface area contributed by atoms with Gasteiger partial charge in [0, 0.05) is 33.3 Å². The Hall–Kier alpha value is -7.18. The summed E-state index contributed by atoms with van der Waals surface area (Å²) in [6.07, 6.45) is 0. The number of fused-ring (bicyclic) bond motifs is 8. The molecule has 0 amide bonds. The molecule has 0 unspecified atom stereocenters. The van der Waals surface area contributed by atoms with Crippen LogP contribution in [0.3, 0.4) is 0 Å². The first kappa shape index (κ1) is 28.6. The molecule has 0 bridgehead atoms. The van der Waals surface area contributed by atoms with E-state index in [0.29, 0.717) is 16.7 Å². The molecule has 6 aromatic carbocycles. The van der Waals surface area contributed by atoms with Crippen molar-refractivity contribution in [2.24, 2.45) is 0 Å². The molecule has 0 aliphatic carbocycles. The summed E-state index contributed by atoms with van der Waals surface area (Å²) in [5, 5.41) is 2.42. The maximum Gasteiger partial charge on any atom is 0.160 e. The largest absolute Gasteiger partial charge is 0.453 e. The van der Waals surface area contributed by atoms with E-state index in [9.17, 15) is 0 Å². The van der Waals surface area contributed by atoms with Crippen molar-refractivity contribution >= 4 is 61.1 Å². The van der Waals surface area contributed by atoms with Gasteiger partial charge in [0.15, 0.2) is 22.7 Å². The summed E-state index contributed by atoms with van der Waals surface area (Å²) >= 11 is 0. The van der Waals surface area contributed by atoms with Crippen LogP contribution in [-0.2, 0) is 0 Å². The highest BCUT2D eigenvalue weighted by Gasteiger charge is 2.28. The molecule has 52 heavy (non-hydrogen) atoms. The fourth-order valence-corrected chi connectivity index (χ4v) is 7.64. The van der Waals surface area contributed by atoms with E-state index in [4.69, 9.17) is 19.1 Å². The number of benzene rings is 6. The third-order valence-corrected chi connectivity index (χ3v) is 9.99. The Bertz CT molecular complexity index is 3000. The standard InChI is InChI=1S/C46H28N4O2/c1-3-12-30(13-4-1)49-37-18-8-7-16-32(37)33-23-22-29(28-40(33)49)35-24-26-42-44(47-35)45-43(51-42)27-25-36(48-45)34-17-11-20-39-46(34)52-41-21-10-9-19-38(41)50(39)31-14-5-2-6-15-31/h1-28H. The van der Waals surface area contributed by atoms with Gasteiger partial charge >= 0.3 is 0 Å². The highest BCUT2D eigenvalue weighted by atomic mass is 16.5. The van der Waals surface area contributed by atoms with E-state index in [1.54, 1.807) is 0 Å². The van der Waals surface area contributed by atoms with Gasteiger partial charge in [-0.15, -0.1) is 0 Å². The van der Waals surface area contributed by atoms with Crippen LogP contribution in [0.1, 0.15) is 0 Å². The molecule has 0 fully saturated rings. The molecular formula is C46H28N4O2. The van der Waals surface area contributed by atoms with Gasteiger partial charge in [0.25, 0.3) is 0 Å². The zero-order chi connectivity index (χ0) is 34.2. The molecule has 0 radical (unpaired) electrons. The Morgan fingerprint density at radius 3 is 1.94 bits per heavy atom. The third-order valence-electron chi connectivity index (χ3n) is 9.99. The van der Waals surface area contributed by atoms with Gasteiger partial charge in [-0.2, -0.15) is 0 Å². The molecule has 0 saturated heterocycles. The number of rotatable bonds is 4. The van der Waals surface area contributed by atoms with E-state index in [2.05, 4.69) is 131 Å². The Kier molecular flexibility index (Phi) is 6.15. The summed E-state index contributed by atoms with van der Waals surface area (Å²) in [6.45, 7) is 0. The van der Waals surface area contributed by atoms with Gasteiger partial charge in [-0.25, -0.2) is 9.97 Å². The van der Waals surface area contributed by atoms with E-state index in [-0.39, 0.29) is 0 Å². The number of aromatic nitrogens is 3. The lowest BCUT2D eigenvalue weighted by molar-refractivity contribution is 0.478. The molecule has 6 nitrogen and oxygen atoms in total. The van der Waals surface area contributed by atoms with Gasteiger partial charge in [0.2, 0.25) is 0 Å². The van der Waals surface area contributed by atoms with Crippen molar-refractivity contribution in [3.8, 4) is 39.7 Å². The van der Waals surface area contributed by atoms with Gasteiger partial charge in [-0.05, 0) is 84.9 Å². The number of ether oxygens (including phenoxy) is 1. The summed E-state index contributed by atoms with van der Waals surface area (Å²) in [7, 11) is 0. The van der Waals surface area contributed by atoms with Crippen molar-refractivity contribution < 1.29 is 9.15 Å². The molecule has 0 atom stereocenters. The lowest BCUT2D eigenvalue weighted by atomic mass is 10.0. The number of nitrogens with zero attached hydrogens (tertiary/aromatic N) is 4. The first-order valence-corrected chi connectivity index (χ1v) is 17.3. The van der Waals surface area contributed by atoms with Crippen LogP contribution in [0, 0.1) is 0 Å². The maximum absolute atomic E-state index is 6.65. The highest BCUT2D eigenvalue weighted by molar-refractivity contribution is 6.10. The van der Waals surface area contributed by atoms with Gasteiger partial charge < -0.3 is 18.6 Å². The van der Waals surface area contributed by atoms with E-state index in [0.717, 1.165) is 67.8 Å². The van der Waals surface area contributed by atoms with Crippen LogP contribution in [0.15, 0.2) is 174 Å². The van der Waals surface area contributed by atoms with Crippen LogP contribution < -0.4 is 9.64 Å². The van der Waals surface area contributed by atoms with Crippen LogP contribution in [-0.4, -0.2) is 14.5 Å². The van der Waals surface area contributed by atoms with Gasteiger partial charge in [-0.3, -0.25) is 0 Å². The van der Waals surface area contributed by atoms with Gasteiger partial charge in [-0.1, -0.05) is 84.9 Å². The minimum atomic E-state index is 0.685. The first-order chi connectivity index (χ1) is 25.8. The van der Waals surface area contributed by atoms with Crippen LogP contribution in [0.2, 0.25) is 0 Å². The molecule has 1 aliphatic heterocycles. The van der Waals surface area contributed by atoms with Crippen molar-refractivity contribution in [2.75, 3.05) is 4.90 Å². The van der Waals surface area contributed by atoms with E-state index < -0.39 is 0 Å². The van der Waals surface area contributed by atoms with Crippen molar-refractivity contribution in [2.45, 2.75) is 0 Å². The van der Waals surface area contributed by atoms with E-state index >= 15 is 0 Å². The normalized spacial score (nSPS) is 12.3. The zero-order valence-corrected chi connectivity index (χ0v) is 27.8. The van der Waals surface area contributed by atoms with Crippen LogP contribution in [0.25, 0.3) is 72.2 Å². The molecule has 5 heterocycles.